The summed E-state index contributed by atoms with van der Waals surface area (Å²) in [5.74, 6) is -0.785. The number of aryl methyl sites for hydroxylation is 1. The Hall–Kier alpha value is -1.68. The first kappa shape index (κ1) is 12.8. The van der Waals surface area contributed by atoms with E-state index in [0.29, 0.717) is 5.02 Å². The number of benzene rings is 1. The van der Waals surface area contributed by atoms with Gasteiger partial charge >= 0.3 is 5.91 Å². The summed E-state index contributed by atoms with van der Waals surface area (Å²) in [4.78, 5) is 22.0. The minimum absolute atomic E-state index is 0.242. The number of carbonyl (C=O) groups is 1. The number of carbonyl (C=O) groups excluding carboxylic acids is 1. The maximum atomic E-state index is 11.6. The molecule has 0 atom stereocenters. The summed E-state index contributed by atoms with van der Waals surface area (Å²) in [5.41, 5.74) is 2.05. The van der Waals surface area contributed by atoms with Gasteiger partial charge in [0, 0.05) is 27.8 Å². The number of fused-ring (bicyclic) bond motifs is 1. The average molecular weight is 265 g/mol. The predicted molar refractivity (Wildman–Crippen MR) is 72.2 cm³/mol. The van der Waals surface area contributed by atoms with Gasteiger partial charge < -0.3 is 4.57 Å². The van der Waals surface area contributed by atoms with Crippen molar-refractivity contribution in [2.24, 2.45) is 5.18 Å². The van der Waals surface area contributed by atoms with Gasteiger partial charge in [-0.15, -0.1) is 4.91 Å². The van der Waals surface area contributed by atoms with E-state index in [4.69, 9.17) is 11.6 Å². The van der Waals surface area contributed by atoms with Crippen LogP contribution in [0.4, 0.5) is 0 Å². The van der Waals surface area contributed by atoms with Crippen LogP contribution in [-0.4, -0.2) is 10.5 Å². The van der Waals surface area contributed by atoms with Crippen LogP contribution in [0.3, 0.4) is 0 Å². The van der Waals surface area contributed by atoms with Gasteiger partial charge in [0.1, 0.15) is 0 Å². The lowest BCUT2D eigenvalue weighted by Crippen LogP contribution is -2.00. The predicted octanol–water partition coefficient (Wildman–Crippen LogP) is 4.09. The zero-order chi connectivity index (χ0) is 13.4. The SMILES string of the molecule is Cc1cn(C(C)C)c2cc(Cl)cc(C(=O)N=O)c12. The second kappa shape index (κ2) is 4.53. The molecule has 1 amide bonds. The molecule has 0 aliphatic heterocycles. The highest BCUT2D eigenvalue weighted by molar-refractivity contribution is 6.32. The molecule has 0 saturated heterocycles. The highest BCUT2D eigenvalue weighted by Crippen LogP contribution is 2.31. The summed E-state index contributed by atoms with van der Waals surface area (Å²) < 4.78 is 2.03. The van der Waals surface area contributed by atoms with Gasteiger partial charge in [-0.2, -0.15) is 0 Å². The van der Waals surface area contributed by atoms with E-state index < -0.39 is 5.91 Å². The molecule has 1 aromatic carbocycles. The van der Waals surface area contributed by atoms with Gasteiger partial charge in [0.25, 0.3) is 0 Å². The topological polar surface area (TPSA) is 51.4 Å². The quantitative estimate of drug-likeness (QED) is 0.767. The van der Waals surface area contributed by atoms with Gasteiger partial charge in [0.15, 0.2) is 0 Å². The number of nitrogens with zero attached hydrogens (tertiary/aromatic N) is 2. The maximum absolute atomic E-state index is 11.6. The van der Waals surface area contributed by atoms with Crippen LogP contribution >= 0.6 is 11.6 Å². The second-order valence-electron chi connectivity index (χ2n) is 4.56. The molecule has 1 aromatic heterocycles. The molecule has 0 aliphatic carbocycles. The third-order valence-corrected chi connectivity index (χ3v) is 3.18. The first-order chi connectivity index (χ1) is 8.45. The van der Waals surface area contributed by atoms with Crippen LogP contribution in [0.2, 0.25) is 5.02 Å². The lowest BCUT2D eigenvalue weighted by Gasteiger charge is -2.09. The molecule has 0 N–H and O–H groups in total. The number of rotatable bonds is 2. The lowest BCUT2D eigenvalue weighted by molar-refractivity contribution is 0.100. The van der Waals surface area contributed by atoms with Crippen molar-refractivity contribution in [1.29, 1.82) is 0 Å². The van der Waals surface area contributed by atoms with E-state index in [-0.39, 0.29) is 11.6 Å². The standard InChI is InChI=1S/C13H13ClN2O2/c1-7(2)16-6-8(3)12-10(13(17)15-18)4-9(14)5-11(12)16/h4-7H,1-3H3. The number of nitroso groups, excluding NO2 is 1. The normalized spacial score (nSPS) is 11.2. The Morgan fingerprint density at radius 3 is 2.61 bits per heavy atom. The van der Waals surface area contributed by atoms with Crippen LogP contribution in [-0.2, 0) is 0 Å². The van der Waals surface area contributed by atoms with Crippen molar-refractivity contribution < 1.29 is 4.79 Å². The van der Waals surface area contributed by atoms with Crippen LogP contribution in [0.25, 0.3) is 10.9 Å². The average Bonchev–Trinajstić information content (AvgIpc) is 2.64. The largest absolute Gasteiger partial charge is 0.345 e. The first-order valence-electron chi connectivity index (χ1n) is 5.64. The number of hydrogen-bond acceptors (Lipinski definition) is 2. The molecule has 0 bridgehead atoms. The monoisotopic (exact) mass is 264 g/mol. The molecule has 5 heteroatoms. The van der Waals surface area contributed by atoms with Crippen molar-refractivity contribution in [3.63, 3.8) is 0 Å². The third kappa shape index (κ3) is 1.93. The summed E-state index contributed by atoms with van der Waals surface area (Å²) >= 11 is 6.00. The fourth-order valence-electron chi connectivity index (χ4n) is 2.20. The zero-order valence-corrected chi connectivity index (χ0v) is 11.2. The Labute approximate surface area is 110 Å². The van der Waals surface area contributed by atoms with E-state index in [9.17, 15) is 9.70 Å². The first-order valence-corrected chi connectivity index (χ1v) is 6.02. The van der Waals surface area contributed by atoms with Gasteiger partial charge in [0.05, 0.1) is 11.1 Å². The summed E-state index contributed by atoms with van der Waals surface area (Å²) in [6.45, 7) is 5.98. The highest BCUT2D eigenvalue weighted by Gasteiger charge is 2.17. The Balaban J connectivity index is 2.88. The van der Waals surface area contributed by atoms with E-state index in [1.165, 1.54) is 6.07 Å². The third-order valence-electron chi connectivity index (χ3n) is 2.96. The fraction of sp³-hybridized carbons (Fsp3) is 0.308. The van der Waals surface area contributed by atoms with Crippen molar-refractivity contribution in [3.8, 4) is 0 Å². The van der Waals surface area contributed by atoms with Crippen LogP contribution in [0.5, 0.6) is 0 Å². The molecule has 2 aromatic rings. The van der Waals surface area contributed by atoms with Gasteiger partial charge in [-0.3, -0.25) is 4.79 Å². The summed E-state index contributed by atoms with van der Waals surface area (Å²) in [6, 6.07) is 3.53. The van der Waals surface area contributed by atoms with Crippen LogP contribution in [0.15, 0.2) is 23.5 Å². The number of amides is 1. The summed E-state index contributed by atoms with van der Waals surface area (Å²) in [7, 11) is 0. The smallest absolute Gasteiger partial charge is 0.317 e. The van der Waals surface area contributed by atoms with E-state index >= 15 is 0 Å². The highest BCUT2D eigenvalue weighted by atomic mass is 35.5. The van der Waals surface area contributed by atoms with Crippen molar-refractivity contribution in [3.05, 3.63) is 39.4 Å². The Bertz CT molecular complexity index is 644. The molecule has 1 heterocycles. The van der Waals surface area contributed by atoms with Crippen LogP contribution in [0.1, 0.15) is 35.8 Å². The molecule has 4 nitrogen and oxygen atoms in total. The van der Waals surface area contributed by atoms with Gasteiger partial charge in [-0.05, 0) is 38.5 Å². The fourth-order valence-corrected chi connectivity index (χ4v) is 2.41. The molecule has 18 heavy (non-hydrogen) atoms. The van der Waals surface area contributed by atoms with E-state index in [0.717, 1.165) is 16.5 Å². The molecule has 0 spiro atoms. The van der Waals surface area contributed by atoms with Crippen molar-refractivity contribution in [2.75, 3.05) is 0 Å². The molecule has 0 aliphatic rings. The maximum Gasteiger partial charge on any atom is 0.317 e. The van der Waals surface area contributed by atoms with Gasteiger partial charge in [0.2, 0.25) is 0 Å². The van der Waals surface area contributed by atoms with E-state index in [2.05, 4.69) is 5.18 Å². The number of hydrogen-bond donors (Lipinski definition) is 0. The van der Waals surface area contributed by atoms with Crippen LogP contribution < -0.4 is 0 Å². The molecule has 0 saturated carbocycles. The Kier molecular flexibility index (Phi) is 3.22. The minimum Gasteiger partial charge on any atom is -0.345 e. The molecular formula is C13H13ClN2O2. The van der Waals surface area contributed by atoms with Crippen LogP contribution in [0, 0.1) is 11.8 Å². The van der Waals surface area contributed by atoms with E-state index in [1.54, 1.807) is 6.07 Å². The van der Waals surface area contributed by atoms with Gasteiger partial charge in [-0.25, -0.2) is 0 Å². The number of aromatic nitrogens is 1. The lowest BCUT2D eigenvalue weighted by atomic mass is 10.1. The van der Waals surface area contributed by atoms with E-state index in [1.807, 2.05) is 31.5 Å². The molecule has 0 radical (unpaired) electrons. The Morgan fingerprint density at radius 1 is 1.39 bits per heavy atom. The zero-order valence-electron chi connectivity index (χ0n) is 10.4. The Morgan fingerprint density at radius 2 is 2.06 bits per heavy atom. The summed E-state index contributed by atoms with van der Waals surface area (Å²) in [6.07, 6.45) is 1.95. The van der Waals surface area contributed by atoms with Crippen molar-refractivity contribution in [1.82, 2.24) is 4.57 Å². The second-order valence-corrected chi connectivity index (χ2v) is 4.99. The van der Waals surface area contributed by atoms with Crippen molar-refractivity contribution >= 4 is 28.4 Å². The van der Waals surface area contributed by atoms with Crippen molar-refractivity contribution in [2.45, 2.75) is 26.8 Å². The molecule has 2 rings (SSSR count). The minimum atomic E-state index is -0.785. The molecule has 0 unspecified atom stereocenters. The molecular weight excluding hydrogens is 252 g/mol. The van der Waals surface area contributed by atoms with Gasteiger partial charge in [-0.1, -0.05) is 11.6 Å². The molecule has 0 fully saturated rings. The summed E-state index contributed by atoms with van der Waals surface area (Å²) in [5, 5.41) is 3.66. The molecule has 94 valence electrons. The number of halogens is 1.